The zero-order chi connectivity index (χ0) is 31.1. The van der Waals surface area contributed by atoms with Crippen LogP contribution in [0.25, 0.3) is 22.6 Å². The molecule has 0 unspecified atom stereocenters. The Kier molecular flexibility index (Phi) is 7.87. The van der Waals surface area contributed by atoms with E-state index in [0.29, 0.717) is 41.2 Å². The molecule has 1 saturated heterocycles. The fourth-order valence-corrected chi connectivity index (χ4v) is 5.38. The summed E-state index contributed by atoms with van der Waals surface area (Å²) >= 11 is 0. The van der Waals surface area contributed by atoms with Crippen LogP contribution in [0.5, 0.6) is 5.75 Å². The number of alkyl halides is 3. The monoisotopic (exact) mass is 592 g/mol. The highest BCUT2D eigenvalue weighted by Crippen LogP contribution is 2.37. The quantitative estimate of drug-likeness (QED) is 0.318. The predicted octanol–water partition coefficient (Wildman–Crippen LogP) is 5.51. The summed E-state index contributed by atoms with van der Waals surface area (Å²) in [6, 6.07) is 13.6. The SMILES string of the molecule is C=C(c1ccc(NC(C)=O)cc1)N1CCN(C(=O)c2cnn3c(C(F)(F)F)c(C)c(-c4ccc(OC)cc4)nc23)[C@H](C)C1. The summed E-state index contributed by atoms with van der Waals surface area (Å²) in [5.41, 5.74) is 1.62. The van der Waals surface area contributed by atoms with Crippen LogP contribution in [-0.4, -0.2) is 69.0 Å². The number of fused-ring (bicyclic) bond motifs is 1. The molecule has 0 spiro atoms. The minimum Gasteiger partial charge on any atom is -0.497 e. The number of ether oxygens (including phenoxy) is 1. The zero-order valence-corrected chi connectivity index (χ0v) is 24.2. The molecule has 0 saturated carbocycles. The molecule has 1 N–H and O–H groups in total. The summed E-state index contributed by atoms with van der Waals surface area (Å²) in [6.07, 6.45) is -3.58. The van der Waals surface area contributed by atoms with Crippen molar-refractivity contribution in [3.05, 3.63) is 83.7 Å². The maximum atomic E-state index is 14.3. The first kappa shape index (κ1) is 29.6. The largest absolute Gasteiger partial charge is 0.497 e. The van der Waals surface area contributed by atoms with Gasteiger partial charge in [-0.3, -0.25) is 9.59 Å². The van der Waals surface area contributed by atoms with Crippen LogP contribution in [0.4, 0.5) is 18.9 Å². The number of anilines is 1. The standard InChI is InChI=1S/C31H31F3N6O3/c1-18-17-38(20(3)22-6-10-24(11-7-22)36-21(4)41)14-15-39(18)30(42)26-16-35-40-28(31(32,33)34)19(2)27(37-29(26)40)23-8-12-25(43-5)13-9-23/h6-13,16,18H,3,14-15,17H2,1-2,4-5H3,(H,36,41)/t18-/m1/s1. The maximum Gasteiger partial charge on any atom is 0.433 e. The van der Waals surface area contributed by atoms with Gasteiger partial charge in [-0.2, -0.15) is 18.3 Å². The van der Waals surface area contributed by atoms with Crippen LogP contribution in [0.3, 0.4) is 0 Å². The van der Waals surface area contributed by atoms with Crippen molar-refractivity contribution < 1.29 is 27.5 Å². The molecule has 9 nitrogen and oxygen atoms in total. The van der Waals surface area contributed by atoms with Gasteiger partial charge in [0.25, 0.3) is 5.91 Å². The minimum atomic E-state index is -4.74. The molecule has 4 aromatic rings. The number of rotatable bonds is 6. The Morgan fingerprint density at radius 3 is 2.33 bits per heavy atom. The molecule has 1 fully saturated rings. The Bertz CT molecular complexity index is 1700. The first-order valence-electron chi connectivity index (χ1n) is 13.6. The Morgan fingerprint density at radius 2 is 1.74 bits per heavy atom. The van der Waals surface area contributed by atoms with E-state index in [1.807, 2.05) is 19.1 Å². The summed E-state index contributed by atoms with van der Waals surface area (Å²) in [4.78, 5) is 33.3. The Balaban J connectivity index is 1.42. The van der Waals surface area contributed by atoms with Gasteiger partial charge in [-0.25, -0.2) is 9.50 Å². The van der Waals surface area contributed by atoms with Crippen molar-refractivity contribution in [1.82, 2.24) is 24.4 Å². The number of halogens is 3. The van der Waals surface area contributed by atoms with E-state index in [1.165, 1.54) is 21.0 Å². The molecule has 2 amide bonds. The van der Waals surface area contributed by atoms with Crippen LogP contribution < -0.4 is 10.1 Å². The molecule has 1 aliphatic rings. The number of piperazine rings is 1. The molecular weight excluding hydrogens is 561 g/mol. The van der Waals surface area contributed by atoms with Gasteiger partial charge >= 0.3 is 6.18 Å². The molecule has 224 valence electrons. The lowest BCUT2D eigenvalue weighted by atomic mass is 10.0. The van der Waals surface area contributed by atoms with E-state index in [4.69, 9.17) is 4.74 Å². The normalized spacial score (nSPS) is 15.5. The molecular formula is C31H31F3N6O3. The van der Waals surface area contributed by atoms with Gasteiger partial charge < -0.3 is 19.9 Å². The van der Waals surface area contributed by atoms with Crippen LogP contribution in [0.15, 0.2) is 61.3 Å². The molecule has 3 heterocycles. The minimum absolute atomic E-state index is 0.00653. The molecule has 5 rings (SSSR count). The Labute approximate surface area is 246 Å². The van der Waals surface area contributed by atoms with Gasteiger partial charge in [0.1, 0.15) is 11.3 Å². The van der Waals surface area contributed by atoms with Crippen molar-refractivity contribution in [2.75, 3.05) is 32.1 Å². The van der Waals surface area contributed by atoms with Gasteiger partial charge in [0.05, 0.1) is 19.0 Å². The van der Waals surface area contributed by atoms with Gasteiger partial charge in [-0.15, -0.1) is 0 Å². The van der Waals surface area contributed by atoms with E-state index < -0.39 is 17.8 Å². The smallest absolute Gasteiger partial charge is 0.433 e. The number of nitrogens with zero attached hydrogens (tertiary/aromatic N) is 5. The average Bonchev–Trinajstić information content (AvgIpc) is 3.38. The van der Waals surface area contributed by atoms with Gasteiger partial charge in [-0.05, 0) is 55.8 Å². The average molecular weight is 593 g/mol. The Morgan fingerprint density at radius 1 is 1.07 bits per heavy atom. The van der Waals surface area contributed by atoms with E-state index in [9.17, 15) is 22.8 Å². The highest BCUT2D eigenvalue weighted by atomic mass is 19.4. The van der Waals surface area contributed by atoms with Gasteiger partial charge in [0, 0.05) is 55.1 Å². The molecule has 2 aromatic heterocycles. The summed E-state index contributed by atoms with van der Waals surface area (Å²) < 4.78 is 48.8. The van der Waals surface area contributed by atoms with Gasteiger partial charge in [0.2, 0.25) is 5.91 Å². The number of benzene rings is 2. The number of carbonyl (C=O) groups is 2. The molecule has 1 aliphatic heterocycles. The summed E-state index contributed by atoms with van der Waals surface area (Å²) in [6.45, 7) is 10.1. The molecule has 1 atom stereocenters. The topological polar surface area (TPSA) is 92.1 Å². The van der Waals surface area contributed by atoms with Crippen LogP contribution >= 0.6 is 0 Å². The van der Waals surface area contributed by atoms with E-state index in [2.05, 4.69) is 26.9 Å². The lowest BCUT2D eigenvalue weighted by Gasteiger charge is -2.41. The summed E-state index contributed by atoms with van der Waals surface area (Å²) in [7, 11) is 1.50. The number of amides is 2. The number of nitrogens with one attached hydrogen (secondary N) is 1. The van der Waals surface area contributed by atoms with E-state index in [0.717, 1.165) is 17.5 Å². The van der Waals surface area contributed by atoms with Crippen molar-refractivity contribution in [3.8, 4) is 17.0 Å². The molecule has 0 radical (unpaired) electrons. The molecule has 12 heteroatoms. The highest BCUT2D eigenvalue weighted by Gasteiger charge is 2.39. The van der Waals surface area contributed by atoms with Gasteiger partial charge in [-0.1, -0.05) is 18.7 Å². The van der Waals surface area contributed by atoms with Gasteiger partial charge in [0.15, 0.2) is 11.3 Å². The van der Waals surface area contributed by atoms with Crippen molar-refractivity contribution in [2.24, 2.45) is 0 Å². The number of hydrogen-bond acceptors (Lipinski definition) is 6. The van der Waals surface area contributed by atoms with E-state index in [-0.39, 0.29) is 34.4 Å². The fraction of sp³-hybridized carbons (Fsp3) is 0.290. The first-order chi connectivity index (χ1) is 20.4. The van der Waals surface area contributed by atoms with E-state index >= 15 is 0 Å². The molecule has 2 aromatic carbocycles. The number of aromatic nitrogens is 3. The third-order valence-corrected chi connectivity index (χ3v) is 7.55. The summed E-state index contributed by atoms with van der Waals surface area (Å²) in [5, 5.41) is 6.70. The molecule has 0 aliphatic carbocycles. The second kappa shape index (κ2) is 11.4. The highest BCUT2D eigenvalue weighted by molar-refractivity contribution is 6.00. The van der Waals surface area contributed by atoms with E-state index in [1.54, 1.807) is 41.3 Å². The number of methoxy groups -OCH3 is 1. The summed E-state index contributed by atoms with van der Waals surface area (Å²) in [5.74, 6) is -0.0570. The maximum absolute atomic E-state index is 14.3. The van der Waals surface area contributed by atoms with Crippen molar-refractivity contribution in [3.63, 3.8) is 0 Å². The molecule has 43 heavy (non-hydrogen) atoms. The Hall–Kier alpha value is -4.87. The fourth-order valence-electron chi connectivity index (χ4n) is 5.38. The van der Waals surface area contributed by atoms with Crippen LogP contribution in [0, 0.1) is 6.92 Å². The van der Waals surface area contributed by atoms with Crippen LogP contribution in [-0.2, 0) is 11.0 Å². The lowest BCUT2D eigenvalue weighted by molar-refractivity contribution is -0.143. The zero-order valence-electron chi connectivity index (χ0n) is 24.2. The number of hydrogen-bond donors (Lipinski definition) is 1. The molecule has 0 bridgehead atoms. The first-order valence-corrected chi connectivity index (χ1v) is 13.6. The second-order valence-electron chi connectivity index (χ2n) is 10.5. The van der Waals surface area contributed by atoms with Crippen molar-refractivity contribution >= 4 is 28.8 Å². The third kappa shape index (κ3) is 5.77. The van der Waals surface area contributed by atoms with Crippen molar-refractivity contribution in [2.45, 2.75) is 33.0 Å². The second-order valence-corrected chi connectivity index (χ2v) is 10.5. The van der Waals surface area contributed by atoms with Crippen LogP contribution in [0.1, 0.15) is 41.0 Å². The predicted molar refractivity (Wildman–Crippen MR) is 157 cm³/mol. The number of carbonyl (C=O) groups excluding carboxylic acids is 2. The van der Waals surface area contributed by atoms with Crippen LogP contribution in [0.2, 0.25) is 0 Å². The van der Waals surface area contributed by atoms with Crippen molar-refractivity contribution in [1.29, 1.82) is 0 Å². The third-order valence-electron chi connectivity index (χ3n) is 7.55. The lowest BCUT2D eigenvalue weighted by Crippen LogP contribution is -2.53.